The molecule has 0 saturated heterocycles. The van der Waals surface area contributed by atoms with Crippen LogP contribution in [0.15, 0.2) is 35.2 Å². The number of nitrogen functional groups attached to an aromatic ring is 1. The minimum Gasteiger partial charge on any atom is -0.397 e. The number of nitrogens with zero attached hydrogens (tertiary/aromatic N) is 3. The highest BCUT2D eigenvalue weighted by Crippen LogP contribution is 2.37. The zero-order valence-corrected chi connectivity index (χ0v) is 20.5. The minimum atomic E-state index is -3.92. The average molecular weight is 482 g/mol. The van der Waals surface area contributed by atoms with E-state index in [1.54, 1.807) is 19.9 Å². The number of anilines is 2. The lowest BCUT2D eigenvalue weighted by Gasteiger charge is -2.08. The van der Waals surface area contributed by atoms with Crippen LogP contribution in [0.3, 0.4) is 0 Å². The van der Waals surface area contributed by atoms with E-state index in [1.807, 2.05) is 20.8 Å². The molecule has 33 heavy (non-hydrogen) atoms. The molecule has 3 aromatic heterocycles. The second kappa shape index (κ2) is 8.20. The summed E-state index contributed by atoms with van der Waals surface area (Å²) in [6.07, 6.45) is 0. The van der Waals surface area contributed by atoms with Crippen LogP contribution in [-0.2, 0) is 10.0 Å². The number of thiophene rings is 1. The Bertz CT molecular complexity index is 1500. The van der Waals surface area contributed by atoms with Crippen molar-refractivity contribution in [1.29, 1.82) is 0 Å². The molecule has 0 unspecified atom stereocenters. The monoisotopic (exact) mass is 481 g/mol. The van der Waals surface area contributed by atoms with Gasteiger partial charge in [0.1, 0.15) is 9.71 Å². The van der Waals surface area contributed by atoms with Gasteiger partial charge < -0.3 is 5.73 Å². The summed E-state index contributed by atoms with van der Waals surface area (Å²) < 4.78 is 27.9. The van der Waals surface area contributed by atoms with Gasteiger partial charge in [-0.05, 0) is 76.1 Å². The summed E-state index contributed by atoms with van der Waals surface area (Å²) in [6.45, 7) is 9.38. The average Bonchev–Trinajstić information content (AvgIpc) is 3.06. The van der Waals surface area contributed by atoms with Gasteiger partial charge in [0, 0.05) is 28.0 Å². The van der Waals surface area contributed by atoms with E-state index < -0.39 is 10.0 Å². The number of rotatable bonds is 5. The van der Waals surface area contributed by atoms with E-state index in [0.29, 0.717) is 32.3 Å². The van der Waals surface area contributed by atoms with Crippen LogP contribution >= 0.6 is 11.3 Å². The number of aromatic nitrogens is 3. The van der Waals surface area contributed by atoms with Crippen LogP contribution in [0.25, 0.3) is 10.2 Å². The lowest BCUT2D eigenvalue weighted by molar-refractivity contribution is 0.104. The number of aryl methyl sites for hydroxylation is 4. The Morgan fingerprint density at radius 1 is 0.939 bits per heavy atom. The molecule has 0 fully saturated rings. The molecule has 0 atom stereocenters. The van der Waals surface area contributed by atoms with Crippen molar-refractivity contribution in [3.05, 3.63) is 69.0 Å². The van der Waals surface area contributed by atoms with Crippen molar-refractivity contribution in [3.63, 3.8) is 0 Å². The smallest absolute Gasteiger partial charge is 0.264 e. The first-order chi connectivity index (χ1) is 15.5. The Morgan fingerprint density at radius 3 is 2.15 bits per heavy atom. The molecule has 10 heteroatoms. The Labute approximate surface area is 196 Å². The zero-order chi connectivity index (χ0) is 24.1. The van der Waals surface area contributed by atoms with Gasteiger partial charge in [0.15, 0.2) is 0 Å². The van der Waals surface area contributed by atoms with E-state index in [2.05, 4.69) is 19.7 Å². The third kappa shape index (κ3) is 4.19. The Morgan fingerprint density at radius 2 is 1.55 bits per heavy atom. The summed E-state index contributed by atoms with van der Waals surface area (Å²) in [4.78, 5) is 27.1. The van der Waals surface area contributed by atoms with Crippen LogP contribution in [-0.4, -0.2) is 29.2 Å². The Balaban J connectivity index is 1.65. The molecule has 170 valence electrons. The van der Waals surface area contributed by atoms with E-state index in [0.717, 1.165) is 22.2 Å². The first-order valence-corrected chi connectivity index (χ1v) is 12.4. The summed E-state index contributed by atoms with van der Waals surface area (Å²) >= 11 is 1.25. The molecule has 0 bridgehead atoms. The van der Waals surface area contributed by atoms with Crippen molar-refractivity contribution in [2.24, 2.45) is 0 Å². The van der Waals surface area contributed by atoms with E-state index >= 15 is 0 Å². The lowest BCUT2D eigenvalue weighted by Crippen LogP contribution is -2.16. The van der Waals surface area contributed by atoms with Crippen LogP contribution in [0.1, 0.15) is 43.4 Å². The van der Waals surface area contributed by atoms with E-state index in [-0.39, 0.29) is 16.6 Å². The number of nitrogens with two attached hydrogens (primary N) is 1. The standard InChI is InChI=1S/C23H23N5O3S2/c1-11-10-12(2)26-23(25-11)28-33(30,31)17-8-6-16(7-9-17)20(29)21-19(24)18-14(4)13(3)15(5)27-22(18)32-21/h6-10H,24H2,1-5H3,(H,25,26,28). The number of carbonyl (C=O) groups is 1. The van der Waals surface area contributed by atoms with Crippen molar-refractivity contribution in [3.8, 4) is 0 Å². The number of nitrogens with one attached hydrogen (secondary N) is 1. The van der Waals surface area contributed by atoms with Crippen LogP contribution in [0.2, 0.25) is 0 Å². The molecule has 1 aromatic carbocycles. The maximum atomic E-state index is 13.2. The topological polar surface area (TPSA) is 128 Å². The molecule has 0 aliphatic heterocycles. The number of carbonyl (C=O) groups excluding carboxylic acids is 1. The first-order valence-electron chi connectivity index (χ1n) is 10.1. The van der Waals surface area contributed by atoms with Crippen LogP contribution in [0, 0.1) is 34.6 Å². The van der Waals surface area contributed by atoms with Crippen molar-refractivity contribution in [1.82, 2.24) is 15.0 Å². The predicted octanol–water partition coefficient (Wildman–Crippen LogP) is 4.24. The van der Waals surface area contributed by atoms with Gasteiger partial charge in [-0.2, -0.15) is 0 Å². The van der Waals surface area contributed by atoms with Gasteiger partial charge in [-0.15, -0.1) is 11.3 Å². The number of ketones is 1. The summed E-state index contributed by atoms with van der Waals surface area (Å²) in [7, 11) is -3.92. The molecule has 3 N–H and O–H groups in total. The third-order valence-electron chi connectivity index (χ3n) is 5.52. The molecule has 4 rings (SSSR count). The normalized spacial score (nSPS) is 11.7. The first kappa shape index (κ1) is 22.8. The maximum absolute atomic E-state index is 13.2. The Kier molecular flexibility index (Phi) is 5.67. The highest BCUT2D eigenvalue weighted by Gasteiger charge is 2.22. The zero-order valence-electron chi connectivity index (χ0n) is 18.8. The molecule has 4 aromatic rings. The minimum absolute atomic E-state index is 0.000779. The number of pyridine rings is 1. The second-order valence-electron chi connectivity index (χ2n) is 7.91. The number of fused-ring (bicyclic) bond motifs is 1. The highest BCUT2D eigenvalue weighted by molar-refractivity contribution is 7.92. The molecule has 0 aliphatic carbocycles. The van der Waals surface area contributed by atoms with Crippen molar-refractivity contribution >= 4 is 49.0 Å². The van der Waals surface area contributed by atoms with Crippen LogP contribution in [0.5, 0.6) is 0 Å². The van der Waals surface area contributed by atoms with E-state index in [9.17, 15) is 13.2 Å². The van der Waals surface area contributed by atoms with Gasteiger partial charge in [-0.25, -0.2) is 28.1 Å². The number of hydrogen-bond acceptors (Lipinski definition) is 8. The molecular formula is C23H23N5O3S2. The van der Waals surface area contributed by atoms with Crippen molar-refractivity contribution in [2.45, 2.75) is 39.5 Å². The number of hydrogen-bond donors (Lipinski definition) is 2. The number of sulfonamides is 1. The summed E-state index contributed by atoms with van der Waals surface area (Å²) in [5.41, 5.74) is 11.3. The quantitative estimate of drug-likeness (QED) is 0.408. The third-order valence-corrected chi connectivity index (χ3v) is 7.96. The van der Waals surface area contributed by atoms with Crippen LogP contribution in [0.4, 0.5) is 11.6 Å². The summed E-state index contributed by atoms with van der Waals surface area (Å²) in [5, 5.41) is 0.795. The molecule has 0 amide bonds. The fourth-order valence-electron chi connectivity index (χ4n) is 3.60. The molecule has 0 aliphatic rings. The van der Waals surface area contributed by atoms with Gasteiger partial charge in [0.2, 0.25) is 11.7 Å². The van der Waals surface area contributed by atoms with Gasteiger partial charge >= 0.3 is 0 Å². The molecular weight excluding hydrogens is 458 g/mol. The molecule has 0 saturated carbocycles. The van der Waals surface area contributed by atoms with Crippen molar-refractivity contribution in [2.75, 3.05) is 10.5 Å². The SMILES string of the molecule is Cc1cc(C)nc(NS(=O)(=O)c2ccc(C(=O)c3sc4nc(C)c(C)c(C)c4c3N)cc2)n1. The highest BCUT2D eigenvalue weighted by atomic mass is 32.2. The summed E-state index contributed by atoms with van der Waals surface area (Å²) in [6, 6.07) is 7.44. The lowest BCUT2D eigenvalue weighted by atomic mass is 10.0. The van der Waals surface area contributed by atoms with E-state index in [1.165, 1.54) is 35.6 Å². The van der Waals surface area contributed by atoms with Gasteiger partial charge in [-0.3, -0.25) is 4.79 Å². The molecule has 3 heterocycles. The van der Waals surface area contributed by atoms with Gasteiger partial charge in [0.25, 0.3) is 10.0 Å². The van der Waals surface area contributed by atoms with Gasteiger partial charge in [-0.1, -0.05) is 0 Å². The van der Waals surface area contributed by atoms with E-state index in [4.69, 9.17) is 5.73 Å². The maximum Gasteiger partial charge on any atom is 0.264 e. The Hall–Kier alpha value is -3.37. The second-order valence-corrected chi connectivity index (χ2v) is 10.6. The largest absolute Gasteiger partial charge is 0.397 e. The molecule has 8 nitrogen and oxygen atoms in total. The van der Waals surface area contributed by atoms with Crippen molar-refractivity contribution < 1.29 is 13.2 Å². The molecule has 0 radical (unpaired) electrons. The summed E-state index contributed by atoms with van der Waals surface area (Å²) in [5.74, 6) is -0.279. The predicted molar refractivity (Wildman–Crippen MR) is 130 cm³/mol. The van der Waals surface area contributed by atoms with Gasteiger partial charge in [0.05, 0.1) is 10.6 Å². The fourth-order valence-corrected chi connectivity index (χ4v) is 5.71. The number of benzene rings is 1. The van der Waals surface area contributed by atoms with Crippen LogP contribution < -0.4 is 10.5 Å². The molecule has 0 spiro atoms. The fraction of sp³-hybridized carbons (Fsp3) is 0.217.